The molecule has 11 nitrogen and oxygen atoms in total. The van der Waals surface area contributed by atoms with Gasteiger partial charge in [-0.3, -0.25) is 0 Å². The first-order valence-corrected chi connectivity index (χ1v) is 17.5. The average molecular weight is 724 g/mol. The molecule has 2 aliphatic rings. The maximum Gasteiger partial charge on any atom is 0.338 e. The molecule has 11 heteroatoms. The van der Waals surface area contributed by atoms with Crippen LogP contribution >= 0.6 is 0 Å². The molecule has 2 aromatic rings. The standard InChI is InChI=1S/C42H47N2O9/c1-8-37(45)49-25-42(26-50-38(46)9-2,27-51-39(47)10-3)28-52-41(48)32-18-16-15-17-31(32)40-33-21-19-29(43(11-4)12-5)23-35(33)53-36-24-30(20-22-34(36)40)44(13-6)14-7/h8-10,15-24H,1-3,11-14,25-28H2,4-7H3/q+1. The normalized spacial score (nSPS) is 11.0. The van der Waals surface area contributed by atoms with Gasteiger partial charge in [-0.25, -0.2) is 23.8 Å². The molecule has 1 aliphatic heterocycles. The summed E-state index contributed by atoms with van der Waals surface area (Å²) in [7, 11) is 0. The molecule has 0 spiro atoms. The molecule has 1 heterocycles. The third kappa shape index (κ3) is 9.48. The molecule has 0 fully saturated rings. The van der Waals surface area contributed by atoms with Crippen molar-refractivity contribution in [3.63, 3.8) is 0 Å². The zero-order chi connectivity index (χ0) is 38.5. The Bertz CT molecular complexity index is 1970. The van der Waals surface area contributed by atoms with E-state index in [9.17, 15) is 19.2 Å². The van der Waals surface area contributed by atoms with Gasteiger partial charge in [-0.2, -0.15) is 0 Å². The number of hydrogen-bond acceptors (Lipinski definition) is 10. The van der Waals surface area contributed by atoms with Crippen molar-refractivity contribution in [1.29, 1.82) is 0 Å². The lowest BCUT2D eigenvalue weighted by atomic mass is 9.90. The molecule has 4 rings (SSSR count). The quantitative estimate of drug-likeness (QED) is 0.0386. The largest absolute Gasteiger partial charge is 0.462 e. The maximum atomic E-state index is 14.2. The van der Waals surface area contributed by atoms with E-state index in [0.717, 1.165) is 72.0 Å². The third-order valence-electron chi connectivity index (χ3n) is 8.93. The molecule has 0 amide bonds. The molecular weight excluding hydrogens is 676 g/mol. The Labute approximate surface area is 309 Å². The summed E-state index contributed by atoms with van der Waals surface area (Å²) in [5.41, 5.74) is 2.56. The zero-order valence-electron chi connectivity index (χ0n) is 30.9. The predicted molar refractivity (Wildman–Crippen MR) is 204 cm³/mol. The van der Waals surface area contributed by atoms with Gasteiger partial charge in [0.2, 0.25) is 5.36 Å². The lowest BCUT2D eigenvalue weighted by Crippen LogP contribution is -2.43. The highest BCUT2D eigenvalue weighted by Gasteiger charge is 2.38. The fraction of sp³-hybridized carbons (Fsp3) is 0.310. The molecule has 0 unspecified atom stereocenters. The Morgan fingerprint density at radius 1 is 0.717 bits per heavy atom. The van der Waals surface area contributed by atoms with Gasteiger partial charge in [-0.15, -0.1) is 0 Å². The number of nitrogens with zero attached hydrogens (tertiary/aromatic N) is 2. The fourth-order valence-electron chi connectivity index (χ4n) is 6.00. The molecule has 0 aromatic heterocycles. The van der Waals surface area contributed by atoms with E-state index in [-0.39, 0.29) is 5.56 Å². The second-order valence-corrected chi connectivity index (χ2v) is 12.2. The van der Waals surface area contributed by atoms with Crippen LogP contribution in [0, 0.1) is 5.41 Å². The van der Waals surface area contributed by atoms with E-state index in [4.69, 9.17) is 23.4 Å². The summed E-state index contributed by atoms with van der Waals surface area (Å²) in [6, 6.07) is 19.2. The van der Waals surface area contributed by atoms with E-state index < -0.39 is 55.7 Å². The first-order chi connectivity index (χ1) is 25.6. The minimum atomic E-state index is -1.49. The van der Waals surface area contributed by atoms with E-state index in [1.54, 1.807) is 12.1 Å². The minimum Gasteiger partial charge on any atom is -0.462 e. The van der Waals surface area contributed by atoms with E-state index in [1.165, 1.54) is 0 Å². The van der Waals surface area contributed by atoms with Gasteiger partial charge in [0.1, 0.15) is 56.3 Å². The number of anilines is 1. The highest BCUT2D eigenvalue weighted by molar-refractivity contribution is 6.08. The van der Waals surface area contributed by atoms with Gasteiger partial charge >= 0.3 is 23.9 Å². The predicted octanol–water partition coefficient (Wildman–Crippen LogP) is 6.19. The van der Waals surface area contributed by atoms with Crippen molar-refractivity contribution in [2.24, 2.45) is 5.41 Å². The summed E-state index contributed by atoms with van der Waals surface area (Å²) in [6.45, 7) is 20.1. The number of ether oxygens (including phenoxy) is 4. The second kappa shape index (κ2) is 18.5. The number of benzene rings is 3. The van der Waals surface area contributed by atoms with Crippen molar-refractivity contribution >= 4 is 40.5 Å². The number of carbonyl (C=O) groups is 4. The third-order valence-corrected chi connectivity index (χ3v) is 8.93. The number of rotatable bonds is 18. The Hall–Kier alpha value is -5.97. The fourth-order valence-corrected chi connectivity index (χ4v) is 6.00. The van der Waals surface area contributed by atoms with E-state index in [1.807, 2.05) is 48.5 Å². The Morgan fingerprint density at radius 3 is 1.83 bits per heavy atom. The van der Waals surface area contributed by atoms with Crippen molar-refractivity contribution in [3.8, 4) is 22.5 Å². The van der Waals surface area contributed by atoms with Crippen LogP contribution in [-0.4, -0.2) is 76.5 Å². The van der Waals surface area contributed by atoms with Gasteiger partial charge < -0.3 is 28.3 Å². The molecule has 0 bridgehead atoms. The molecular formula is C42H47N2O9+. The number of fused-ring (bicyclic) bond motifs is 2. The Kier molecular flexibility index (Phi) is 13.9. The van der Waals surface area contributed by atoms with Crippen LogP contribution in [0.25, 0.3) is 33.4 Å². The first kappa shape index (κ1) is 39.8. The molecule has 53 heavy (non-hydrogen) atoms. The van der Waals surface area contributed by atoms with Gasteiger partial charge in [0.05, 0.1) is 11.6 Å². The molecule has 0 saturated carbocycles. The van der Waals surface area contributed by atoms with Crippen LogP contribution in [0.15, 0.2) is 103 Å². The molecule has 278 valence electrons. The number of esters is 4. The molecule has 0 saturated heterocycles. The number of hydrogen-bond donors (Lipinski definition) is 0. The van der Waals surface area contributed by atoms with Crippen LogP contribution in [0.3, 0.4) is 0 Å². The van der Waals surface area contributed by atoms with Gasteiger partial charge in [0, 0.05) is 65.7 Å². The highest BCUT2D eigenvalue weighted by Crippen LogP contribution is 2.42. The van der Waals surface area contributed by atoms with E-state index >= 15 is 0 Å². The van der Waals surface area contributed by atoms with E-state index in [2.05, 4.69) is 56.9 Å². The van der Waals surface area contributed by atoms with Crippen LogP contribution in [0.1, 0.15) is 38.1 Å². The van der Waals surface area contributed by atoms with Crippen LogP contribution in [0.5, 0.6) is 0 Å². The van der Waals surface area contributed by atoms with Crippen molar-refractivity contribution in [1.82, 2.24) is 4.58 Å². The smallest absolute Gasteiger partial charge is 0.338 e. The van der Waals surface area contributed by atoms with Crippen molar-refractivity contribution in [2.45, 2.75) is 27.7 Å². The SMILES string of the molecule is C=CC(=O)OCC(COC(=O)C=C)(COC(=O)C=C)COC(=O)c1ccccc1-c1c2ccc(=[N+](CC)CC)cc-2oc2cc(N(CC)CC)ccc12. The molecule has 0 radical (unpaired) electrons. The molecule has 2 aromatic carbocycles. The van der Waals surface area contributed by atoms with E-state index in [0.29, 0.717) is 16.9 Å². The summed E-state index contributed by atoms with van der Waals surface area (Å²) < 4.78 is 30.7. The van der Waals surface area contributed by atoms with Crippen molar-refractivity contribution in [3.05, 3.63) is 110 Å². The average Bonchev–Trinajstić information content (AvgIpc) is 3.19. The Morgan fingerprint density at radius 2 is 1.28 bits per heavy atom. The molecule has 0 N–H and O–H groups in total. The van der Waals surface area contributed by atoms with Crippen LogP contribution < -0.4 is 14.8 Å². The lowest BCUT2D eigenvalue weighted by Gasteiger charge is -2.31. The van der Waals surface area contributed by atoms with Crippen molar-refractivity contribution < 1.29 is 42.5 Å². The van der Waals surface area contributed by atoms with Gasteiger partial charge in [-0.1, -0.05) is 37.9 Å². The van der Waals surface area contributed by atoms with Gasteiger partial charge in [0.15, 0.2) is 0 Å². The summed E-state index contributed by atoms with van der Waals surface area (Å²) in [4.78, 5) is 52.7. The number of carbonyl (C=O) groups excluding carboxylic acids is 4. The zero-order valence-corrected chi connectivity index (χ0v) is 30.9. The monoisotopic (exact) mass is 723 g/mol. The lowest BCUT2D eigenvalue weighted by molar-refractivity contribution is -0.159. The summed E-state index contributed by atoms with van der Waals surface area (Å²) in [5, 5.41) is 1.80. The van der Waals surface area contributed by atoms with Crippen molar-refractivity contribution in [2.75, 3.05) is 57.5 Å². The summed E-state index contributed by atoms with van der Waals surface area (Å²) in [6.07, 6.45) is 2.86. The molecule has 1 aliphatic carbocycles. The maximum absolute atomic E-state index is 14.2. The molecule has 0 atom stereocenters. The second-order valence-electron chi connectivity index (χ2n) is 12.2. The van der Waals surface area contributed by atoms with Gasteiger partial charge in [-0.05, 0) is 57.5 Å². The minimum absolute atomic E-state index is 0.241. The Balaban J connectivity index is 1.87. The summed E-state index contributed by atoms with van der Waals surface area (Å²) >= 11 is 0. The highest BCUT2D eigenvalue weighted by atomic mass is 16.6. The summed E-state index contributed by atoms with van der Waals surface area (Å²) in [5.74, 6) is -2.41. The van der Waals surface area contributed by atoms with Gasteiger partial charge in [0.25, 0.3) is 0 Å². The van der Waals surface area contributed by atoms with Crippen LogP contribution in [0.2, 0.25) is 0 Å². The van der Waals surface area contributed by atoms with Crippen LogP contribution in [0.4, 0.5) is 5.69 Å². The first-order valence-electron chi connectivity index (χ1n) is 17.5. The topological polar surface area (TPSA) is 125 Å². The van der Waals surface area contributed by atoms with Crippen LogP contribution in [-0.2, 0) is 33.3 Å².